The minimum atomic E-state index is -1.36. The molecular formula is C16H16FN3O3S. The van der Waals surface area contributed by atoms with Crippen molar-refractivity contribution in [1.82, 2.24) is 4.90 Å². The van der Waals surface area contributed by atoms with Crippen LogP contribution in [0.2, 0.25) is 0 Å². The SMILES string of the molecule is CN1C(=O)[C@H](O)C(C)(c2cc(-c3ccc(F)c(O)c3)cs2)N=C1N. The summed E-state index contributed by atoms with van der Waals surface area (Å²) in [4.78, 5) is 18.2. The molecule has 6 nitrogen and oxygen atoms in total. The van der Waals surface area contributed by atoms with Crippen LogP contribution in [0.5, 0.6) is 5.75 Å². The van der Waals surface area contributed by atoms with E-state index in [4.69, 9.17) is 5.73 Å². The van der Waals surface area contributed by atoms with Gasteiger partial charge in [0, 0.05) is 11.9 Å². The van der Waals surface area contributed by atoms with E-state index in [1.54, 1.807) is 18.4 Å². The molecule has 0 radical (unpaired) electrons. The number of hydrogen-bond acceptors (Lipinski definition) is 6. The zero-order valence-corrected chi connectivity index (χ0v) is 13.8. The summed E-state index contributed by atoms with van der Waals surface area (Å²) >= 11 is 1.30. The number of nitrogens with two attached hydrogens (primary N) is 1. The van der Waals surface area contributed by atoms with Crippen LogP contribution in [-0.4, -0.2) is 40.1 Å². The van der Waals surface area contributed by atoms with E-state index in [0.29, 0.717) is 10.4 Å². The van der Waals surface area contributed by atoms with Crippen LogP contribution in [0.25, 0.3) is 11.1 Å². The Morgan fingerprint density at radius 2 is 2.08 bits per heavy atom. The van der Waals surface area contributed by atoms with Gasteiger partial charge in [0.15, 0.2) is 23.6 Å². The molecule has 3 rings (SSSR count). The number of aliphatic hydroxyl groups is 1. The van der Waals surface area contributed by atoms with Crippen molar-refractivity contribution in [3.8, 4) is 16.9 Å². The van der Waals surface area contributed by atoms with Crippen LogP contribution in [0.15, 0.2) is 34.6 Å². The molecule has 1 aliphatic rings. The zero-order chi connectivity index (χ0) is 17.6. The number of carbonyl (C=O) groups is 1. The van der Waals surface area contributed by atoms with Crippen LogP contribution >= 0.6 is 11.3 Å². The van der Waals surface area contributed by atoms with Crippen molar-refractivity contribution < 1.29 is 19.4 Å². The highest BCUT2D eigenvalue weighted by atomic mass is 32.1. The lowest BCUT2D eigenvalue weighted by Gasteiger charge is -2.36. The minimum Gasteiger partial charge on any atom is -0.505 e. The number of amides is 1. The second kappa shape index (κ2) is 5.57. The molecule has 2 heterocycles. The van der Waals surface area contributed by atoms with Gasteiger partial charge >= 0.3 is 0 Å². The highest BCUT2D eigenvalue weighted by molar-refractivity contribution is 7.10. The Labute approximate surface area is 141 Å². The quantitative estimate of drug-likeness (QED) is 0.767. The summed E-state index contributed by atoms with van der Waals surface area (Å²) in [5, 5.41) is 21.7. The first kappa shape index (κ1) is 16.4. The topological polar surface area (TPSA) is 99.2 Å². The summed E-state index contributed by atoms with van der Waals surface area (Å²) in [6.45, 7) is 1.63. The minimum absolute atomic E-state index is 0.0298. The van der Waals surface area contributed by atoms with Crippen LogP contribution in [-0.2, 0) is 10.3 Å². The number of likely N-dealkylation sites (N-methyl/N-ethyl adjacent to an activating group) is 1. The number of aliphatic imine (C=N–C) groups is 1. The molecule has 1 amide bonds. The van der Waals surface area contributed by atoms with Gasteiger partial charge < -0.3 is 15.9 Å². The monoisotopic (exact) mass is 349 g/mol. The van der Waals surface area contributed by atoms with Crippen molar-refractivity contribution in [2.24, 2.45) is 10.7 Å². The van der Waals surface area contributed by atoms with Gasteiger partial charge in [0.2, 0.25) is 0 Å². The predicted molar refractivity (Wildman–Crippen MR) is 89.1 cm³/mol. The molecule has 2 aromatic rings. The molecule has 0 spiro atoms. The maximum atomic E-state index is 13.2. The van der Waals surface area contributed by atoms with Gasteiger partial charge in [-0.05, 0) is 41.6 Å². The van der Waals surface area contributed by atoms with Crippen molar-refractivity contribution in [2.75, 3.05) is 7.05 Å². The summed E-state index contributed by atoms with van der Waals surface area (Å²) < 4.78 is 13.2. The van der Waals surface area contributed by atoms with Crippen molar-refractivity contribution in [2.45, 2.75) is 18.6 Å². The van der Waals surface area contributed by atoms with Crippen LogP contribution in [0.4, 0.5) is 4.39 Å². The fraction of sp³-hybridized carbons (Fsp3) is 0.250. The predicted octanol–water partition coefficient (Wildman–Crippen LogP) is 1.62. The number of phenolic OH excluding ortho intramolecular Hbond substituents is 1. The molecule has 126 valence electrons. The summed E-state index contributed by atoms with van der Waals surface area (Å²) in [5.41, 5.74) is 5.91. The van der Waals surface area contributed by atoms with E-state index in [9.17, 15) is 19.4 Å². The molecule has 0 aliphatic carbocycles. The summed E-state index contributed by atoms with van der Waals surface area (Å²) in [5.74, 6) is -1.64. The average molecular weight is 349 g/mol. The van der Waals surface area contributed by atoms with Crippen molar-refractivity contribution in [1.29, 1.82) is 0 Å². The van der Waals surface area contributed by atoms with E-state index in [0.717, 1.165) is 10.5 Å². The Balaban J connectivity index is 2.03. The maximum Gasteiger partial charge on any atom is 0.260 e. The number of hydrogen-bond donors (Lipinski definition) is 3. The lowest BCUT2D eigenvalue weighted by Crippen LogP contribution is -2.56. The number of guanidine groups is 1. The molecule has 0 saturated carbocycles. The van der Waals surface area contributed by atoms with Crippen molar-refractivity contribution in [3.63, 3.8) is 0 Å². The third kappa shape index (κ3) is 2.44. The Bertz CT molecular complexity index is 851. The van der Waals surface area contributed by atoms with Gasteiger partial charge in [-0.25, -0.2) is 9.38 Å². The molecule has 0 fully saturated rings. The molecule has 8 heteroatoms. The van der Waals surface area contributed by atoms with E-state index in [1.165, 1.54) is 36.6 Å². The number of rotatable bonds is 2. The molecule has 2 atom stereocenters. The van der Waals surface area contributed by atoms with Gasteiger partial charge in [-0.3, -0.25) is 9.69 Å². The van der Waals surface area contributed by atoms with E-state index < -0.39 is 29.1 Å². The molecule has 1 aromatic heterocycles. The van der Waals surface area contributed by atoms with Crippen LogP contribution in [0.3, 0.4) is 0 Å². The Hall–Kier alpha value is -2.45. The van der Waals surface area contributed by atoms with Crippen molar-refractivity contribution >= 4 is 23.2 Å². The number of nitrogens with zero attached hydrogens (tertiary/aromatic N) is 2. The zero-order valence-electron chi connectivity index (χ0n) is 13.0. The molecule has 0 bridgehead atoms. The van der Waals surface area contributed by atoms with Crippen molar-refractivity contribution in [3.05, 3.63) is 40.3 Å². The van der Waals surface area contributed by atoms with E-state index in [2.05, 4.69) is 4.99 Å². The fourth-order valence-corrected chi connectivity index (χ4v) is 3.59. The van der Waals surface area contributed by atoms with Gasteiger partial charge in [0.05, 0.1) is 0 Å². The molecule has 0 saturated heterocycles. The van der Waals surface area contributed by atoms with Gasteiger partial charge in [-0.15, -0.1) is 11.3 Å². The number of phenols is 1. The third-order valence-electron chi connectivity index (χ3n) is 4.17. The molecule has 1 unspecified atom stereocenters. The fourth-order valence-electron chi connectivity index (χ4n) is 2.55. The average Bonchev–Trinajstić information content (AvgIpc) is 3.04. The maximum absolute atomic E-state index is 13.2. The standard InChI is InChI=1S/C16H16FN3O3S/c1-16(13(22)14(23)20(2)15(18)19-16)12-6-9(7-24-12)8-3-4-10(17)11(21)5-8/h3-7,13,21-22H,1-2H3,(H2,18,19)/t13-,16?/m0/s1. The highest BCUT2D eigenvalue weighted by Crippen LogP contribution is 2.39. The van der Waals surface area contributed by atoms with Crippen LogP contribution < -0.4 is 5.73 Å². The first-order valence-corrected chi connectivity index (χ1v) is 8.01. The third-order valence-corrected chi connectivity index (χ3v) is 5.32. The highest BCUT2D eigenvalue weighted by Gasteiger charge is 2.46. The largest absolute Gasteiger partial charge is 0.505 e. The molecular weight excluding hydrogens is 333 g/mol. The number of benzene rings is 1. The Morgan fingerprint density at radius 3 is 2.75 bits per heavy atom. The van der Waals surface area contributed by atoms with E-state index in [1.807, 2.05) is 0 Å². The second-order valence-electron chi connectivity index (χ2n) is 5.78. The van der Waals surface area contributed by atoms with Gasteiger partial charge in [-0.2, -0.15) is 0 Å². The number of thiophene rings is 1. The number of aromatic hydroxyl groups is 1. The molecule has 1 aromatic carbocycles. The number of aliphatic hydroxyl groups excluding tert-OH is 1. The summed E-state index contributed by atoms with van der Waals surface area (Å²) in [6, 6.07) is 5.78. The van der Waals surface area contributed by atoms with Crippen LogP contribution in [0, 0.1) is 5.82 Å². The van der Waals surface area contributed by atoms with Gasteiger partial charge in [0.1, 0.15) is 5.54 Å². The van der Waals surface area contributed by atoms with E-state index >= 15 is 0 Å². The lowest BCUT2D eigenvalue weighted by atomic mass is 9.90. The van der Waals surface area contributed by atoms with Crippen LogP contribution in [0.1, 0.15) is 11.8 Å². The molecule has 1 aliphatic heterocycles. The molecule has 4 N–H and O–H groups in total. The normalized spacial score (nSPS) is 24.2. The number of halogens is 1. The van der Waals surface area contributed by atoms with E-state index in [-0.39, 0.29) is 5.96 Å². The smallest absolute Gasteiger partial charge is 0.260 e. The summed E-state index contributed by atoms with van der Waals surface area (Å²) in [6.07, 6.45) is -1.36. The summed E-state index contributed by atoms with van der Waals surface area (Å²) in [7, 11) is 1.45. The Kier molecular flexibility index (Phi) is 3.81. The number of carbonyl (C=O) groups excluding carboxylic acids is 1. The Morgan fingerprint density at radius 1 is 1.38 bits per heavy atom. The lowest BCUT2D eigenvalue weighted by molar-refractivity contribution is -0.140. The first-order chi connectivity index (χ1) is 11.2. The first-order valence-electron chi connectivity index (χ1n) is 7.13. The molecule has 24 heavy (non-hydrogen) atoms. The van der Waals surface area contributed by atoms with Gasteiger partial charge in [-0.1, -0.05) is 6.07 Å². The second-order valence-corrected chi connectivity index (χ2v) is 6.69. The van der Waals surface area contributed by atoms with Gasteiger partial charge in [0.25, 0.3) is 5.91 Å².